The Balaban J connectivity index is 0.000000371. The van der Waals surface area contributed by atoms with Gasteiger partial charge in [0.1, 0.15) is 0 Å². The van der Waals surface area contributed by atoms with Crippen LogP contribution in [-0.4, -0.2) is 10.2 Å². The van der Waals surface area contributed by atoms with Crippen molar-refractivity contribution in [2.24, 2.45) is 11.7 Å². The average Bonchev–Trinajstić information content (AvgIpc) is 2.00. The summed E-state index contributed by atoms with van der Waals surface area (Å²) in [6.45, 7) is 0. The van der Waals surface area contributed by atoms with Crippen molar-refractivity contribution in [3.05, 3.63) is 24.3 Å². The topological polar surface area (TPSA) is 92.5 Å². The monoisotopic (exact) mass is 142 g/mol. The number of aromatic hydroxyl groups is 2. The minimum Gasteiger partial charge on any atom is -0.504 e. The van der Waals surface area contributed by atoms with Crippen LogP contribution in [0.25, 0.3) is 0 Å². The molecule has 1 aromatic carbocycles. The van der Waals surface area contributed by atoms with Gasteiger partial charge >= 0.3 is 0 Å². The molecule has 0 spiro atoms. The van der Waals surface area contributed by atoms with Gasteiger partial charge in [-0.2, -0.15) is 0 Å². The van der Waals surface area contributed by atoms with Gasteiger partial charge < -0.3 is 10.2 Å². The largest absolute Gasteiger partial charge is 0.504 e. The van der Waals surface area contributed by atoms with Crippen LogP contribution in [0.15, 0.2) is 24.3 Å². The molecule has 1 rings (SSSR count). The molecule has 4 nitrogen and oxygen atoms in total. The Bertz CT molecular complexity index is 170. The van der Waals surface area contributed by atoms with Crippen LogP contribution < -0.4 is 11.7 Å². The summed E-state index contributed by atoms with van der Waals surface area (Å²) in [4.78, 5) is 0. The van der Waals surface area contributed by atoms with Crippen LogP contribution in [0.1, 0.15) is 0 Å². The number of benzene rings is 1. The van der Waals surface area contributed by atoms with Gasteiger partial charge in [-0.15, -0.1) is 0 Å². The van der Waals surface area contributed by atoms with Gasteiger partial charge in [-0.05, 0) is 12.1 Å². The van der Waals surface area contributed by atoms with Crippen molar-refractivity contribution in [3.8, 4) is 11.5 Å². The van der Waals surface area contributed by atoms with Crippen LogP contribution in [-0.2, 0) is 0 Å². The van der Waals surface area contributed by atoms with E-state index in [1.54, 1.807) is 12.1 Å². The lowest BCUT2D eigenvalue weighted by molar-refractivity contribution is 0.404. The fourth-order valence-corrected chi connectivity index (χ4v) is 0.464. The van der Waals surface area contributed by atoms with E-state index in [0.29, 0.717) is 0 Å². The molecule has 0 amide bonds. The number of phenolic OH excluding ortho intramolecular Hbond substituents is 2. The molecule has 1 aromatic rings. The Labute approximate surface area is 58.7 Å². The van der Waals surface area contributed by atoms with E-state index in [9.17, 15) is 0 Å². The third-order valence-corrected chi connectivity index (χ3v) is 0.882. The SMILES string of the molecule is NN.Oc1ccccc1O. The molecule has 6 N–H and O–H groups in total. The average molecular weight is 142 g/mol. The fraction of sp³-hybridized carbons (Fsp3) is 0. The Hall–Kier alpha value is -1.26. The van der Waals surface area contributed by atoms with Gasteiger partial charge in [0, 0.05) is 0 Å². The van der Waals surface area contributed by atoms with E-state index in [-0.39, 0.29) is 11.5 Å². The van der Waals surface area contributed by atoms with Gasteiger partial charge in [0.05, 0.1) is 0 Å². The van der Waals surface area contributed by atoms with Crippen molar-refractivity contribution in [3.63, 3.8) is 0 Å². The summed E-state index contributed by atoms with van der Waals surface area (Å²) in [7, 11) is 0. The van der Waals surface area contributed by atoms with Crippen molar-refractivity contribution in [1.29, 1.82) is 0 Å². The molecular formula is C6H10N2O2. The van der Waals surface area contributed by atoms with Crippen LogP contribution in [0.3, 0.4) is 0 Å². The number of para-hydroxylation sites is 2. The van der Waals surface area contributed by atoms with Crippen molar-refractivity contribution in [2.45, 2.75) is 0 Å². The third kappa shape index (κ3) is 2.34. The second-order valence-electron chi connectivity index (χ2n) is 1.49. The van der Waals surface area contributed by atoms with Gasteiger partial charge in [0.25, 0.3) is 0 Å². The van der Waals surface area contributed by atoms with Crippen LogP contribution in [0.5, 0.6) is 11.5 Å². The lowest BCUT2D eigenvalue weighted by atomic mass is 10.3. The molecule has 0 atom stereocenters. The molecule has 0 aliphatic carbocycles. The fourth-order valence-electron chi connectivity index (χ4n) is 0.464. The van der Waals surface area contributed by atoms with Crippen LogP contribution in [0.2, 0.25) is 0 Å². The molecular weight excluding hydrogens is 132 g/mol. The van der Waals surface area contributed by atoms with Crippen LogP contribution in [0.4, 0.5) is 0 Å². The molecule has 4 heteroatoms. The maximum absolute atomic E-state index is 8.67. The summed E-state index contributed by atoms with van der Waals surface area (Å²) in [5, 5.41) is 17.3. The Kier molecular flexibility index (Phi) is 4.02. The highest BCUT2D eigenvalue weighted by molar-refractivity contribution is 5.36. The molecule has 0 aliphatic heterocycles. The third-order valence-electron chi connectivity index (χ3n) is 0.882. The second-order valence-corrected chi connectivity index (χ2v) is 1.49. The maximum Gasteiger partial charge on any atom is 0.157 e. The molecule has 0 bridgehead atoms. The molecule has 56 valence electrons. The number of hydrazine groups is 1. The first-order valence-electron chi connectivity index (χ1n) is 2.61. The Morgan fingerprint density at radius 1 is 0.900 bits per heavy atom. The lowest BCUT2D eigenvalue weighted by Crippen LogP contribution is -2.02. The number of phenols is 2. The molecule has 0 saturated heterocycles. The van der Waals surface area contributed by atoms with E-state index in [1.165, 1.54) is 12.1 Å². The quantitative estimate of drug-likeness (QED) is 0.231. The van der Waals surface area contributed by atoms with E-state index < -0.39 is 0 Å². The highest BCUT2D eigenvalue weighted by atomic mass is 16.3. The molecule has 10 heavy (non-hydrogen) atoms. The van der Waals surface area contributed by atoms with Crippen LogP contribution >= 0.6 is 0 Å². The van der Waals surface area contributed by atoms with Gasteiger partial charge in [-0.25, -0.2) is 0 Å². The number of hydrogen-bond donors (Lipinski definition) is 4. The normalized spacial score (nSPS) is 7.80. The smallest absolute Gasteiger partial charge is 0.157 e. The zero-order valence-corrected chi connectivity index (χ0v) is 5.36. The number of rotatable bonds is 0. The first-order chi connectivity index (χ1) is 4.80. The molecule has 0 heterocycles. The zero-order valence-electron chi connectivity index (χ0n) is 5.36. The standard InChI is InChI=1S/C6H6O2.H4N2/c7-5-3-1-2-4-6(5)8;1-2/h1-4,7-8H;1-2H2. The summed E-state index contributed by atoms with van der Waals surface area (Å²) in [6, 6.07) is 6.15. The van der Waals surface area contributed by atoms with Crippen molar-refractivity contribution < 1.29 is 10.2 Å². The number of nitrogens with two attached hydrogens (primary N) is 2. The molecule has 0 radical (unpaired) electrons. The zero-order chi connectivity index (χ0) is 7.98. The lowest BCUT2D eigenvalue weighted by Gasteiger charge is -1.91. The molecule has 0 aliphatic rings. The van der Waals surface area contributed by atoms with E-state index in [4.69, 9.17) is 10.2 Å². The summed E-state index contributed by atoms with van der Waals surface area (Å²) in [5.74, 6) is 7.85. The summed E-state index contributed by atoms with van der Waals surface area (Å²) >= 11 is 0. The van der Waals surface area contributed by atoms with Gasteiger partial charge in [-0.3, -0.25) is 11.7 Å². The highest BCUT2D eigenvalue weighted by Gasteiger charge is 1.90. The van der Waals surface area contributed by atoms with E-state index in [0.717, 1.165) is 0 Å². The van der Waals surface area contributed by atoms with Crippen molar-refractivity contribution in [1.82, 2.24) is 0 Å². The van der Waals surface area contributed by atoms with E-state index in [1.807, 2.05) is 0 Å². The van der Waals surface area contributed by atoms with E-state index >= 15 is 0 Å². The summed E-state index contributed by atoms with van der Waals surface area (Å²) in [6.07, 6.45) is 0. The molecule has 0 saturated carbocycles. The highest BCUT2D eigenvalue weighted by Crippen LogP contribution is 2.21. The van der Waals surface area contributed by atoms with Crippen LogP contribution in [0, 0.1) is 0 Å². The first kappa shape index (κ1) is 8.74. The van der Waals surface area contributed by atoms with Gasteiger partial charge in [-0.1, -0.05) is 12.1 Å². The van der Waals surface area contributed by atoms with Gasteiger partial charge in [0.15, 0.2) is 11.5 Å². The number of hydrogen-bond acceptors (Lipinski definition) is 4. The molecule has 0 aromatic heterocycles. The first-order valence-corrected chi connectivity index (χ1v) is 2.61. The predicted molar refractivity (Wildman–Crippen MR) is 38.1 cm³/mol. The van der Waals surface area contributed by atoms with Crippen molar-refractivity contribution in [2.75, 3.05) is 0 Å². The molecule has 0 unspecified atom stereocenters. The molecule has 0 fully saturated rings. The summed E-state index contributed by atoms with van der Waals surface area (Å²) in [5.41, 5.74) is 0. The minimum atomic E-state index is -0.0764. The second kappa shape index (κ2) is 4.60. The summed E-state index contributed by atoms with van der Waals surface area (Å²) < 4.78 is 0. The predicted octanol–water partition coefficient (Wildman–Crippen LogP) is -0.0834. The van der Waals surface area contributed by atoms with Gasteiger partial charge in [0.2, 0.25) is 0 Å². The van der Waals surface area contributed by atoms with Crippen molar-refractivity contribution >= 4 is 0 Å². The maximum atomic E-state index is 8.67. The van der Waals surface area contributed by atoms with E-state index in [2.05, 4.69) is 11.7 Å². The Morgan fingerprint density at radius 3 is 1.40 bits per heavy atom. The minimum absolute atomic E-state index is 0.0764. The Morgan fingerprint density at radius 2 is 1.20 bits per heavy atom.